The van der Waals surface area contributed by atoms with Gasteiger partial charge in [-0.2, -0.15) is 12.7 Å². The third kappa shape index (κ3) is 6.21. The number of rotatable bonds is 8. The lowest BCUT2D eigenvalue weighted by Crippen LogP contribution is -2.43. The highest BCUT2D eigenvalue weighted by molar-refractivity contribution is 7.87. The Kier molecular flexibility index (Phi) is 7.90. The summed E-state index contributed by atoms with van der Waals surface area (Å²) in [5.41, 5.74) is 0. The summed E-state index contributed by atoms with van der Waals surface area (Å²) in [7, 11) is -3.34. The molecular formula is C13H28N2O3S. The van der Waals surface area contributed by atoms with E-state index < -0.39 is 10.2 Å². The van der Waals surface area contributed by atoms with Crippen molar-refractivity contribution < 1.29 is 13.5 Å². The van der Waals surface area contributed by atoms with Crippen molar-refractivity contribution in [3.8, 4) is 0 Å². The SMILES string of the molecule is CCCC(CCO)CNS(=O)(=O)N1CCCCCC1. The van der Waals surface area contributed by atoms with Crippen LogP contribution >= 0.6 is 0 Å². The van der Waals surface area contributed by atoms with Gasteiger partial charge in [-0.05, 0) is 31.6 Å². The van der Waals surface area contributed by atoms with Crippen LogP contribution in [0.15, 0.2) is 0 Å². The van der Waals surface area contributed by atoms with Gasteiger partial charge in [-0.25, -0.2) is 4.72 Å². The summed E-state index contributed by atoms with van der Waals surface area (Å²) in [6.45, 7) is 3.90. The summed E-state index contributed by atoms with van der Waals surface area (Å²) in [4.78, 5) is 0. The van der Waals surface area contributed by atoms with Crippen molar-refractivity contribution in [2.45, 2.75) is 51.9 Å². The number of nitrogens with one attached hydrogen (secondary N) is 1. The van der Waals surface area contributed by atoms with Crippen molar-refractivity contribution >= 4 is 10.2 Å². The second kappa shape index (κ2) is 8.89. The maximum Gasteiger partial charge on any atom is 0.279 e. The third-order valence-electron chi connectivity index (χ3n) is 3.69. The molecule has 1 aliphatic heterocycles. The van der Waals surface area contributed by atoms with E-state index in [1.807, 2.05) is 0 Å². The van der Waals surface area contributed by atoms with Crippen LogP contribution in [0.25, 0.3) is 0 Å². The van der Waals surface area contributed by atoms with Gasteiger partial charge < -0.3 is 5.11 Å². The molecule has 1 saturated heterocycles. The van der Waals surface area contributed by atoms with E-state index >= 15 is 0 Å². The van der Waals surface area contributed by atoms with E-state index in [-0.39, 0.29) is 12.5 Å². The van der Waals surface area contributed by atoms with Gasteiger partial charge in [0.1, 0.15) is 0 Å². The summed E-state index contributed by atoms with van der Waals surface area (Å²) >= 11 is 0. The Hall–Kier alpha value is -0.170. The fourth-order valence-corrected chi connectivity index (χ4v) is 3.90. The largest absolute Gasteiger partial charge is 0.396 e. The summed E-state index contributed by atoms with van der Waals surface area (Å²) in [6.07, 6.45) is 6.77. The van der Waals surface area contributed by atoms with E-state index in [1.54, 1.807) is 4.31 Å². The Morgan fingerprint density at radius 3 is 2.32 bits per heavy atom. The van der Waals surface area contributed by atoms with Gasteiger partial charge in [0.25, 0.3) is 10.2 Å². The summed E-state index contributed by atoms with van der Waals surface area (Å²) in [6, 6.07) is 0. The molecule has 1 atom stereocenters. The van der Waals surface area contributed by atoms with Crippen LogP contribution in [-0.2, 0) is 10.2 Å². The molecule has 1 rings (SSSR count). The number of aliphatic hydroxyl groups is 1. The highest BCUT2D eigenvalue weighted by Crippen LogP contribution is 2.14. The van der Waals surface area contributed by atoms with Crippen LogP contribution in [0.4, 0.5) is 0 Å². The molecule has 5 nitrogen and oxygen atoms in total. The molecule has 1 unspecified atom stereocenters. The fraction of sp³-hybridized carbons (Fsp3) is 1.00. The molecule has 0 saturated carbocycles. The maximum absolute atomic E-state index is 12.2. The molecule has 1 heterocycles. The highest BCUT2D eigenvalue weighted by Gasteiger charge is 2.23. The van der Waals surface area contributed by atoms with E-state index in [2.05, 4.69) is 11.6 Å². The third-order valence-corrected chi connectivity index (χ3v) is 5.27. The van der Waals surface area contributed by atoms with Gasteiger partial charge in [-0.3, -0.25) is 0 Å². The molecule has 1 aliphatic rings. The number of hydrogen-bond donors (Lipinski definition) is 2. The predicted octanol–water partition coefficient (Wildman–Crippen LogP) is 1.50. The number of aliphatic hydroxyl groups excluding tert-OH is 1. The van der Waals surface area contributed by atoms with Crippen molar-refractivity contribution in [3.05, 3.63) is 0 Å². The molecule has 0 aromatic carbocycles. The molecule has 0 aromatic heterocycles. The molecule has 0 aliphatic carbocycles. The molecule has 0 amide bonds. The topological polar surface area (TPSA) is 69.6 Å². The lowest BCUT2D eigenvalue weighted by Gasteiger charge is -2.22. The lowest BCUT2D eigenvalue weighted by molar-refractivity contribution is 0.251. The van der Waals surface area contributed by atoms with Gasteiger partial charge >= 0.3 is 0 Å². The molecule has 114 valence electrons. The Bertz CT molecular complexity index is 319. The van der Waals surface area contributed by atoms with Gasteiger partial charge in [0, 0.05) is 26.2 Å². The minimum absolute atomic E-state index is 0.121. The Morgan fingerprint density at radius 2 is 1.79 bits per heavy atom. The van der Waals surface area contributed by atoms with Gasteiger partial charge in [-0.15, -0.1) is 0 Å². The normalized spacial score (nSPS) is 20.1. The quantitative estimate of drug-likeness (QED) is 0.712. The second-order valence-electron chi connectivity index (χ2n) is 5.33. The average Bonchev–Trinajstić information content (AvgIpc) is 2.66. The van der Waals surface area contributed by atoms with Gasteiger partial charge in [0.05, 0.1) is 0 Å². The van der Waals surface area contributed by atoms with Crippen molar-refractivity contribution in [1.29, 1.82) is 0 Å². The molecule has 0 radical (unpaired) electrons. The molecular weight excluding hydrogens is 264 g/mol. The van der Waals surface area contributed by atoms with Crippen molar-refractivity contribution in [2.24, 2.45) is 5.92 Å². The van der Waals surface area contributed by atoms with Crippen LogP contribution in [0, 0.1) is 5.92 Å². The molecule has 19 heavy (non-hydrogen) atoms. The second-order valence-corrected chi connectivity index (χ2v) is 7.09. The molecule has 2 N–H and O–H groups in total. The monoisotopic (exact) mass is 292 g/mol. The van der Waals surface area contributed by atoms with Crippen LogP contribution in [0.5, 0.6) is 0 Å². The molecule has 0 aromatic rings. The molecule has 6 heteroatoms. The van der Waals surface area contributed by atoms with Crippen LogP contribution in [-0.4, -0.2) is 44.1 Å². The zero-order valence-corrected chi connectivity index (χ0v) is 12.8. The standard InChI is InChI=1S/C13H28N2O3S/c1-2-7-13(8-11-16)12-14-19(17,18)15-9-5-3-4-6-10-15/h13-14,16H,2-12H2,1H3. The minimum Gasteiger partial charge on any atom is -0.396 e. The Labute approximate surface area is 117 Å². The van der Waals surface area contributed by atoms with Crippen molar-refractivity contribution in [2.75, 3.05) is 26.2 Å². The van der Waals surface area contributed by atoms with Crippen molar-refractivity contribution in [3.63, 3.8) is 0 Å². The van der Waals surface area contributed by atoms with E-state index in [0.717, 1.165) is 38.5 Å². The smallest absolute Gasteiger partial charge is 0.279 e. The minimum atomic E-state index is -3.34. The van der Waals surface area contributed by atoms with Crippen LogP contribution < -0.4 is 4.72 Å². The first kappa shape index (κ1) is 16.9. The number of hydrogen-bond acceptors (Lipinski definition) is 3. The van der Waals surface area contributed by atoms with Crippen LogP contribution in [0.2, 0.25) is 0 Å². The van der Waals surface area contributed by atoms with Gasteiger partial charge in [-0.1, -0.05) is 26.2 Å². The first-order valence-corrected chi connectivity index (χ1v) is 8.89. The molecule has 1 fully saturated rings. The lowest BCUT2D eigenvalue weighted by atomic mass is 10.0. The average molecular weight is 292 g/mol. The van der Waals surface area contributed by atoms with E-state index in [0.29, 0.717) is 26.1 Å². The zero-order valence-electron chi connectivity index (χ0n) is 12.0. The maximum atomic E-state index is 12.2. The van der Waals surface area contributed by atoms with Gasteiger partial charge in [0.15, 0.2) is 0 Å². The Balaban J connectivity index is 2.47. The molecule has 0 spiro atoms. The van der Waals surface area contributed by atoms with E-state index in [9.17, 15) is 8.42 Å². The van der Waals surface area contributed by atoms with Crippen molar-refractivity contribution in [1.82, 2.24) is 9.03 Å². The zero-order chi connectivity index (χ0) is 14.1. The van der Waals surface area contributed by atoms with E-state index in [4.69, 9.17) is 5.11 Å². The predicted molar refractivity (Wildman–Crippen MR) is 77.1 cm³/mol. The molecule has 0 bridgehead atoms. The first-order valence-electron chi connectivity index (χ1n) is 7.45. The summed E-state index contributed by atoms with van der Waals surface area (Å²) in [5, 5.41) is 8.99. The van der Waals surface area contributed by atoms with Crippen LogP contribution in [0.3, 0.4) is 0 Å². The first-order chi connectivity index (χ1) is 9.10. The summed E-state index contributed by atoms with van der Waals surface area (Å²) in [5.74, 6) is 0.233. The van der Waals surface area contributed by atoms with Crippen LogP contribution in [0.1, 0.15) is 51.9 Å². The summed E-state index contributed by atoms with van der Waals surface area (Å²) < 4.78 is 28.7. The highest BCUT2D eigenvalue weighted by atomic mass is 32.2. The van der Waals surface area contributed by atoms with E-state index in [1.165, 1.54) is 0 Å². The number of nitrogens with zero attached hydrogens (tertiary/aromatic N) is 1. The van der Waals surface area contributed by atoms with Gasteiger partial charge in [0.2, 0.25) is 0 Å². The Morgan fingerprint density at radius 1 is 1.16 bits per heavy atom. The fourth-order valence-electron chi connectivity index (χ4n) is 2.54.